The van der Waals surface area contributed by atoms with Crippen LogP contribution in [0.5, 0.6) is 11.5 Å². The fourth-order valence-corrected chi connectivity index (χ4v) is 2.52. The molecule has 2 aliphatic heterocycles. The average Bonchev–Trinajstić information content (AvgIpc) is 3.25. The van der Waals surface area contributed by atoms with Crippen molar-refractivity contribution in [1.29, 1.82) is 0 Å². The van der Waals surface area contributed by atoms with Gasteiger partial charge in [0.2, 0.25) is 12.0 Å². The van der Waals surface area contributed by atoms with E-state index in [1.54, 1.807) is 12.1 Å². The minimum Gasteiger partial charge on any atom is -0.485 e. The molecule has 0 radical (unpaired) electrons. The van der Waals surface area contributed by atoms with Gasteiger partial charge >= 0.3 is 6.01 Å². The van der Waals surface area contributed by atoms with Crippen LogP contribution in [0.25, 0.3) is 0 Å². The van der Waals surface area contributed by atoms with Gasteiger partial charge in [0.05, 0.1) is 0 Å². The van der Waals surface area contributed by atoms with Gasteiger partial charge in [0.1, 0.15) is 12.7 Å². The standard InChI is InChI=1S/C15H15N3O5/c19-13(12-8-21-9-4-1-2-5-10(9)22-12)16-15-18-17-14(23-15)11-6-3-7-20-11/h1-2,4-5,11-12H,3,6-8H2,(H,16,18,19)/t11-,12-/m1/s1. The second-order valence-electron chi connectivity index (χ2n) is 5.30. The van der Waals surface area contributed by atoms with E-state index in [0.29, 0.717) is 24.0 Å². The van der Waals surface area contributed by atoms with E-state index in [9.17, 15) is 4.79 Å². The Balaban J connectivity index is 1.40. The number of benzene rings is 1. The van der Waals surface area contributed by atoms with Crippen LogP contribution in [0.15, 0.2) is 28.7 Å². The van der Waals surface area contributed by atoms with Crippen LogP contribution >= 0.6 is 0 Å². The van der Waals surface area contributed by atoms with E-state index in [1.807, 2.05) is 12.1 Å². The Hall–Kier alpha value is -2.61. The van der Waals surface area contributed by atoms with Crippen LogP contribution in [-0.4, -0.2) is 35.4 Å². The number of para-hydroxylation sites is 2. The van der Waals surface area contributed by atoms with Gasteiger partial charge < -0.3 is 18.6 Å². The lowest BCUT2D eigenvalue weighted by Crippen LogP contribution is -2.40. The molecule has 0 bridgehead atoms. The fraction of sp³-hybridized carbons (Fsp3) is 0.400. The lowest BCUT2D eigenvalue weighted by Gasteiger charge is -2.24. The number of anilines is 1. The van der Waals surface area contributed by atoms with Gasteiger partial charge in [0.15, 0.2) is 11.5 Å². The summed E-state index contributed by atoms with van der Waals surface area (Å²) in [5, 5.41) is 10.3. The molecule has 2 atom stereocenters. The van der Waals surface area contributed by atoms with Gasteiger partial charge in [-0.3, -0.25) is 10.1 Å². The molecule has 23 heavy (non-hydrogen) atoms. The summed E-state index contributed by atoms with van der Waals surface area (Å²) in [5.74, 6) is 1.13. The van der Waals surface area contributed by atoms with Gasteiger partial charge in [-0.25, -0.2) is 0 Å². The number of carbonyl (C=O) groups is 1. The number of hydrogen-bond donors (Lipinski definition) is 1. The normalized spacial score (nSPS) is 22.8. The van der Waals surface area contributed by atoms with Crippen LogP contribution in [0.3, 0.4) is 0 Å². The third-order valence-corrected chi connectivity index (χ3v) is 3.68. The van der Waals surface area contributed by atoms with Crippen LogP contribution < -0.4 is 14.8 Å². The first kappa shape index (κ1) is 14.0. The number of ether oxygens (including phenoxy) is 3. The topological polar surface area (TPSA) is 95.7 Å². The van der Waals surface area contributed by atoms with Crippen LogP contribution in [0.1, 0.15) is 24.8 Å². The molecule has 0 unspecified atom stereocenters. The molecule has 1 saturated heterocycles. The molecule has 3 heterocycles. The van der Waals surface area contributed by atoms with Crippen molar-refractivity contribution in [2.45, 2.75) is 25.0 Å². The molecule has 8 heteroatoms. The molecule has 4 rings (SSSR count). The quantitative estimate of drug-likeness (QED) is 0.920. The van der Waals surface area contributed by atoms with Gasteiger partial charge in [-0.1, -0.05) is 17.2 Å². The predicted molar refractivity (Wildman–Crippen MR) is 77.2 cm³/mol. The average molecular weight is 317 g/mol. The number of fused-ring (bicyclic) bond motifs is 1. The van der Waals surface area contributed by atoms with E-state index >= 15 is 0 Å². The molecular formula is C15H15N3O5. The fourth-order valence-electron chi connectivity index (χ4n) is 2.52. The van der Waals surface area contributed by atoms with Crippen molar-refractivity contribution in [1.82, 2.24) is 10.2 Å². The van der Waals surface area contributed by atoms with Crippen LogP contribution in [0.2, 0.25) is 0 Å². The number of aromatic nitrogens is 2. The van der Waals surface area contributed by atoms with E-state index in [2.05, 4.69) is 15.5 Å². The van der Waals surface area contributed by atoms with Gasteiger partial charge in [-0.15, -0.1) is 5.10 Å². The molecule has 2 aromatic rings. The highest BCUT2D eigenvalue weighted by atomic mass is 16.6. The summed E-state index contributed by atoms with van der Waals surface area (Å²) in [7, 11) is 0. The lowest BCUT2D eigenvalue weighted by atomic mass is 10.2. The molecule has 1 aromatic heterocycles. The Kier molecular flexibility index (Phi) is 3.58. The van der Waals surface area contributed by atoms with Gasteiger partial charge in [-0.05, 0) is 25.0 Å². The minimum atomic E-state index is -0.775. The number of nitrogens with zero attached hydrogens (tertiary/aromatic N) is 2. The minimum absolute atomic E-state index is 0.0305. The Morgan fingerprint density at radius 3 is 2.91 bits per heavy atom. The van der Waals surface area contributed by atoms with Crippen molar-refractivity contribution in [2.75, 3.05) is 18.5 Å². The third-order valence-electron chi connectivity index (χ3n) is 3.68. The smallest absolute Gasteiger partial charge is 0.322 e. The molecule has 1 fully saturated rings. The van der Waals surface area contributed by atoms with E-state index in [4.69, 9.17) is 18.6 Å². The first-order valence-corrected chi connectivity index (χ1v) is 7.44. The first-order chi connectivity index (χ1) is 11.3. The summed E-state index contributed by atoms with van der Waals surface area (Å²) in [6.45, 7) is 0.803. The van der Waals surface area contributed by atoms with E-state index < -0.39 is 12.0 Å². The zero-order valence-corrected chi connectivity index (χ0v) is 12.2. The Bertz CT molecular complexity index is 711. The summed E-state index contributed by atoms with van der Waals surface area (Å²) in [4.78, 5) is 12.2. The molecular weight excluding hydrogens is 302 g/mol. The predicted octanol–water partition coefficient (Wildman–Crippen LogP) is 1.70. The second kappa shape index (κ2) is 5.88. The third kappa shape index (κ3) is 2.85. The van der Waals surface area contributed by atoms with Crippen molar-refractivity contribution < 1.29 is 23.4 Å². The van der Waals surface area contributed by atoms with Gasteiger partial charge in [-0.2, -0.15) is 0 Å². The molecule has 0 saturated carbocycles. The monoisotopic (exact) mass is 317 g/mol. The zero-order valence-electron chi connectivity index (χ0n) is 12.2. The Morgan fingerprint density at radius 1 is 1.22 bits per heavy atom. The molecule has 2 aliphatic rings. The van der Waals surface area contributed by atoms with Gasteiger partial charge in [0, 0.05) is 6.61 Å². The highest BCUT2D eigenvalue weighted by Gasteiger charge is 2.29. The SMILES string of the molecule is O=C(Nc1nnc([C@H]2CCCO2)o1)[C@H]1COc2ccccc2O1. The molecule has 0 spiro atoms. The maximum absolute atomic E-state index is 12.2. The molecule has 120 valence electrons. The Labute approximate surface area is 131 Å². The van der Waals surface area contributed by atoms with Crippen molar-refractivity contribution in [3.05, 3.63) is 30.2 Å². The molecule has 0 aliphatic carbocycles. The van der Waals surface area contributed by atoms with Crippen molar-refractivity contribution in [3.8, 4) is 11.5 Å². The summed E-state index contributed by atoms with van der Waals surface area (Å²) in [6, 6.07) is 7.22. The highest BCUT2D eigenvalue weighted by molar-refractivity contribution is 5.92. The summed E-state index contributed by atoms with van der Waals surface area (Å²) < 4.78 is 22.0. The second-order valence-corrected chi connectivity index (χ2v) is 5.30. The largest absolute Gasteiger partial charge is 0.485 e. The molecule has 1 aromatic carbocycles. The van der Waals surface area contributed by atoms with Crippen molar-refractivity contribution in [3.63, 3.8) is 0 Å². The number of carbonyl (C=O) groups excluding carboxylic acids is 1. The summed E-state index contributed by atoms with van der Waals surface area (Å²) in [6.07, 6.45) is 0.838. The highest BCUT2D eigenvalue weighted by Crippen LogP contribution is 2.31. The first-order valence-electron chi connectivity index (χ1n) is 7.44. The maximum Gasteiger partial charge on any atom is 0.322 e. The molecule has 8 nitrogen and oxygen atoms in total. The number of nitrogens with one attached hydrogen (secondary N) is 1. The maximum atomic E-state index is 12.2. The zero-order chi connectivity index (χ0) is 15.6. The van der Waals surface area contributed by atoms with Crippen molar-refractivity contribution >= 4 is 11.9 Å². The van der Waals surface area contributed by atoms with Crippen LogP contribution in [0.4, 0.5) is 6.01 Å². The van der Waals surface area contributed by atoms with E-state index in [0.717, 1.165) is 12.8 Å². The van der Waals surface area contributed by atoms with Gasteiger partial charge in [0.25, 0.3) is 5.91 Å². The van der Waals surface area contributed by atoms with E-state index in [-0.39, 0.29) is 18.7 Å². The summed E-state index contributed by atoms with van der Waals surface area (Å²) >= 11 is 0. The number of amides is 1. The molecule has 1 amide bonds. The molecule has 1 N–H and O–H groups in total. The number of hydrogen-bond acceptors (Lipinski definition) is 7. The lowest BCUT2D eigenvalue weighted by molar-refractivity contribution is -0.125. The number of rotatable bonds is 3. The van der Waals surface area contributed by atoms with Crippen molar-refractivity contribution in [2.24, 2.45) is 0 Å². The van der Waals surface area contributed by atoms with Crippen LogP contribution in [0, 0.1) is 0 Å². The Morgan fingerprint density at radius 2 is 2.09 bits per heavy atom. The van der Waals surface area contributed by atoms with Crippen LogP contribution in [-0.2, 0) is 9.53 Å². The summed E-state index contributed by atoms with van der Waals surface area (Å²) in [5.41, 5.74) is 0. The van der Waals surface area contributed by atoms with E-state index in [1.165, 1.54) is 0 Å².